The van der Waals surface area contributed by atoms with E-state index in [4.69, 9.17) is 20.0 Å². The lowest BCUT2D eigenvalue weighted by Crippen LogP contribution is -2.37. The number of carboxylic acid groups (broad SMARTS) is 1. The Morgan fingerprint density at radius 3 is 2.33 bits per heavy atom. The molecule has 0 bridgehead atoms. The molecule has 1 aliphatic heterocycles. The number of aromatic nitrogens is 3. The Labute approximate surface area is 208 Å². The van der Waals surface area contributed by atoms with Crippen molar-refractivity contribution in [3.05, 3.63) is 76.9 Å². The van der Waals surface area contributed by atoms with Gasteiger partial charge in [0.2, 0.25) is 0 Å². The number of thiophene rings is 1. The SMILES string of the molecule is O=C(O)C(F)(F)F.O=C(c1ccsc1)N1CCC(c2nc3ccc(Nc4ccccc4)cn3n2)CC1. The summed E-state index contributed by atoms with van der Waals surface area (Å²) in [6, 6.07) is 16.0. The first-order valence-corrected chi connectivity index (χ1v) is 11.9. The van der Waals surface area contributed by atoms with E-state index in [0.717, 1.165) is 54.3 Å². The molecule has 0 aliphatic carbocycles. The zero-order valence-corrected chi connectivity index (χ0v) is 19.7. The molecule has 1 aromatic carbocycles. The molecule has 5 rings (SSSR count). The van der Waals surface area contributed by atoms with Gasteiger partial charge in [0, 0.05) is 30.1 Å². The van der Waals surface area contributed by atoms with Crippen LogP contribution in [0.3, 0.4) is 0 Å². The zero-order chi connectivity index (χ0) is 25.7. The number of para-hydroxylation sites is 1. The monoisotopic (exact) mass is 517 g/mol. The molecule has 3 aromatic heterocycles. The Hall–Kier alpha value is -3.93. The van der Waals surface area contributed by atoms with Gasteiger partial charge in [-0.25, -0.2) is 14.3 Å². The number of benzene rings is 1. The molecule has 0 spiro atoms. The summed E-state index contributed by atoms with van der Waals surface area (Å²) in [5, 5.41) is 19.1. The van der Waals surface area contributed by atoms with Gasteiger partial charge in [-0.15, -0.1) is 0 Å². The number of likely N-dealkylation sites (tertiary alicyclic amines) is 1. The van der Waals surface area contributed by atoms with Crippen LogP contribution in [0.25, 0.3) is 5.65 Å². The molecule has 2 N–H and O–H groups in total. The van der Waals surface area contributed by atoms with E-state index in [9.17, 15) is 18.0 Å². The summed E-state index contributed by atoms with van der Waals surface area (Å²) < 4.78 is 33.6. The highest BCUT2D eigenvalue weighted by Gasteiger charge is 2.38. The maximum Gasteiger partial charge on any atom is 0.490 e. The molecule has 1 amide bonds. The van der Waals surface area contributed by atoms with E-state index < -0.39 is 12.1 Å². The Kier molecular flexibility index (Phi) is 7.53. The van der Waals surface area contributed by atoms with Crippen molar-refractivity contribution in [3.8, 4) is 0 Å². The van der Waals surface area contributed by atoms with Crippen molar-refractivity contribution in [1.29, 1.82) is 0 Å². The molecule has 36 heavy (non-hydrogen) atoms. The molecule has 1 saturated heterocycles. The van der Waals surface area contributed by atoms with Gasteiger partial charge in [0.15, 0.2) is 11.5 Å². The predicted octanol–water partition coefficient (Wildman–Crippen LogP) is 5.19. The van der Waals surface area contributed by atoms with Crippen LogP contribution in [0.5, 0.6) is 0 Å². The first kappa shape index (κ1) is 25.2. The number of hydrogen-bond donors (Lipinski definition) is 2. The van der Waals surface area contributed by atoms with E-state index in [-0.39, 0.29) is 11.8 Å². The van der Waals surface area contributed by atoms with Crippen LogP contribution in [-0.4, -0.2) is 55.7 Å². The van der Waals surface area contributed by atoms with E-state index in [1.807, 2.05) is 74.9 Å². The molecule has 0 atom stereocenters. The van der Waals surface area contributed by atoms with E-state index in [1.165, 1.54) is 0 Å². The average Bonchev–Trinajstić information content (AvgIpc) is 3.54. The Morgan fingerprint density at radius 1 is 1.03 bits per heavy atom. The minimum Gasteiger partial charge on any atom is -0.475 e. The van der Waals surface area contributed by atoms with Gasteiger partial charge in [-0.1, -0.05) is 18.2 Å². The van der Waals surface area contributed by atoms with Crippen molar-refractivity contribution in [2.45, 2.75) is 24.9 Å². The Balaban J connectivity index is 0.000000384. The van der Waals surface area contributed by atoms with Crippen molar-refractivity contribution < 1.29 is 27.9 Å². The third-order valence-corrected chi connectivity index (χ3v) is 6.25. The van der Waals surface area contributed by atoms with Gasteiger partial charge in [0.05, 0.1) is 17.4 Å². The number of carbonyl (C=O) groups excluding carboxylic acids is 1. The summed E-state index contributed by atoms with van der Waals surface area (Å²) in [7, 11) is 0. The molecule has 188 valence electrons. The lowest BCUT2D eigenvalue weighted by Gasteiger charge is -2.30. The van der Waals surface area contributed by atoms with E-state index in [1.54, 1.807) is 11.3 Å². The Bertz CT molecular complexity index is 1320. The molecule has 0 radical (unpaired) electrons. The van der Waals surface area contributed by atoms with E-state index >= 15 is 0 Å². The summed E-state index contributed by atoms with van der Waals surface area (Å²) in [4.78, 5) is 28.1. The lowest BCUT2D eigenvalue weighted by molar-refractivity contribution is -0.192. The third-order valence-electron chi connectivity index (χ3n) is 5.57. The largest absolute Gasteiger partial charge is 0.490 e. The highest BCUT2D eigenvalue weighted by atomic mass is 32.1. The van der Waals surface area contributed by atoms with Gasteiger partial charge in [-0.2, -0.15) is 29.6 Å². The molecule has 0 unspecified atom stereocenters. The summed E-state index contributed by atoms with van der Waals surface area (Å²) in [5.74, 6) is -1.48. The summed E-state index contributed by atoms with van der Waals surface area (Å²) in [5.41, 5.74) is 3.64. The minimum atomic E-state index is -5.08. The van der Waals surface area contributed by atoms with Gasteiger partial charge in [-0.3, -0.25) is 4.79 Å². The van der Waals surface area contributed by atoms with Crippen molar-refractivity contribution in [1.82, 2.24) is 19.5 Å². The number of nitrogens with one attached hydrogen (secondary N) is 1. The number of fused-ring (bicyclic) bond motifs is 1. The highest BCUT2D eigenvalue weighted by molar-refractivity contribution is 7.08. The van der Waals surface area contributed by atoms with Crippen molar-refractivity contribution in [2.75, 3.05) is 18.4 Å². The molecular formula is C24H22F3N5O3S. The van der Waals surface area contributed by atoms with Crippen LogP contribution in [0, 0.1) is 0 Å². The van der Waals surface area contributed by atoms with Crippen LogP contribution >= 0.6 is 11.3 Å². The molecule has 4 heterocycles. The maximum atomic E-state index is 12.5. The fraction of sp³-hybridized carbons (Fsp3) is 0.250. The van der Waals surface area contributed by atoms with Crippen LogP contribution in [-0.2, 0) is 4.79 Å². The molecule has 1 aliphatic rings. The van der Waals surface area contributed by atoms with Crippen LogP contribution < -0.4 is 5.32 Å². The van der Waals surface area contributed by atoms with Gasteiger partial charge in [0.1, 0.15) is 0 Å². The van der Waals surface area contributed by atoms with Crippen LogP contribution in [0.15, 0.2) is 65.5 Å². The van der Waals surface area contributed by atoms with Crippen molar-refractivity contribution in [2.24, 2.45) is 0 Å². The summed E-state index contributed by atoms with van der Waals surface area (Å²) in [6.07, 6.45) is -1.34. The molecule has 12 heteroatoms. The molecule has 4 aromatic rings. The molecule has 8 nitrogen and oxygen atoms in total. The quantitative estimate of drug-likeness (QED) is 0.387. The highest BCUT2D eigenvalue weighted by Crippen LogP contribution is 2.27. The first-order valence-electron chi connectivity index (χ1n) is 11.0. The lowest BCUT2D eigenvalue weighted by atomic mass is 9.96. The number of halogens is 3. The summed E-state index contributed by atoms with van der Waals surface area (Å²) in [6.45, 7) is 1.49. The zero-order valence-electron chi connectivity index (χ0n) is 18.9. The van der Waals surface area contributed by atoms with Gasteiger partial charge in [-0.05, 0) is 48.6 Å². The number of carboxylic acids is 1. The molecular weight excluding hydrogens is 495 g/mol. The number of alkyl halides is 3. The van der Waals surface area contributed by atoms with Crippen LogP contribution in [0.1, 0.15) is 34.9 Å². The number of pyridine rings is 1. The minimum absolute atomic E-state index is 0.129. The van der Waals surface area contributed by atoms with Gasteiger partial charge >= 0.3 is 12.1 Å². The number of anilines is 2. The number of aliphatic carboxylic acids is 1. The number of amides is 1. The average molecular weight is 518 g/mol. The number of hydrogen-bond acceptors (Lipinski definition) is 6. The second-order valence-electron chi connectivity index (χ2n) is 8.06. The summed E-state index contributed by atoms with van der Waals surface area (Å²) >= 11 is 1.56. The topological polar surface area (TPSA) is 99.8 Å². The van der Waals surface area contributed by atoms with E-state index in [2.05, 4.69) is 5.32 Å². The standard InChI is InChI=1S/C22H21N5OS.C2HF3O2/c28-22(17-10-13-29-15-17)26-11-8-16(9-12-26)21-24-20-7-6-19(14-27(20)25-21)23-18-4-2-1-3-5-18;3-2(4,5)1(6)7/h1-7,10,13-16,23H,8-9,11-12H2;(H,6,7). The maximum absolute atomic E-state index is 12.5. The normalized spacial score (nSPS) is 14.2. The van der Waals surface area contributed by atoms with Gasteiger partial charge in [0.25, 0.3) is 5.91 Å². The van der Waals surface area contributed by atoms with Crippen LogP contribution in [0.2, 0.25) is 0 Å². The smallest absolute Gasteiger partial charge is 0.475 e. The fourth-order valence-corrected chi connectivity index (χ4v) is 4.37. The van der Waals surface area contributed by atoms with E-state index in [0.29, 0.717) is 0 Å². The predicted molar refractivity (Wildman–Crippen MR) is 129 cm³/mol. The van der Waals surface area contributed by atoms with Crippen molar-refractivity contribution >= 4 is 40.2 Å². The number of piperidine rings is 1. The number of carbonyl (C=O) groups is 2. The number of nitrogens with zero attached hydrogens (tertiary/aromatic N) is 4. The van der Waals surface area contributed by atoms with Gasteiger partial charge < -0.3 is 15.3 Å². The van der Waals surface area contributed by atoms with Crippen LogP contribution in [0.4, 0.5) is 24.5 Å². The number of rotatable bonds is 4. The first-order chi connectivity index (χ1) is 17.2. The molecule has 0 saturated carbocycles. The third kappa shape index (κ3) is 6.19. The Morgan fingerprint density at radius 2 is 1.72 bits per heavy atom. The van der Waals surface area contributed by atoms with Crippen molar-refractivity contribution in [3.63, 3.8) is 0 Å². The second kappa shape index (κ2) is 10.8. The fourth-order valence-electron chi connectivity index (χ4n) is 3.74. The molecule has 1 fully saturated rings. The second-order valence-corrected chi connectivity index (χ2v) is 8.84.